The minimum Gasteiger partial charge on any atom is -0.399 e. The summed E-state index contributed by atoms with van der Waals surface area (Å²) in [5.41, 5.74) is 9.01. The highest BCUT2D eigenvalue weighted by atomic mass is 16.2. The van der Waals surface area contributed by atoms with Crippen molar-refractivity contribution < 1.29 is 4.79 Å². The number of benzene rings is 2. The number of rotatable bonds is 1. The Labute approximate surface area is 127 Å². The number of hydrogen-bond donors (Lipinski definition) is 1. The first-order valence-corrected chi connectivity index (χ1v) is 7.10. The molecular weight excluding hydrogens is 274 g/mol. The topological polar surface area (TPSA) is 53.0 Å². The molecule has 0 spiro atoms. The molecule has 0 saturated heterocycles. The van der Waals surface area contributed by atoms with Gasteiger partial charge in [0, 0.05) is 35.9 Å². The van der Waals surface area contributed by atoms with E-state index in [-0.39, 0.29) is 5.91 Å². The lowest BCUT2D eigenvalue weighted by Crippen LogP contribution is -2.12. The molecule has 0 aliphatic carbocycles. The van der Waals surface area contributed by atoms with Crippen LogP contribution in [0.3, 0.4) is 0 Å². The molecule has 2 heterocycles. The molecule has 22 heavy (non-hydrogen) atoms. The summed E-state index contributed by atoms with van der Waals surface area (Å²) in [6, 6.07) is 15.3. The molecule has 4 aromatic rings. The third kappa shape index (κ3) is 1.74. The van der Waals surface area contributed by atoms with E-state index >= 15 is 0 Å². The fraction of sp³-hybridized carbons (Fsp3) is 0.0556. The minimum atomic E-state index is -0.0350. The number of nitrogen functional groups attached to an aromatic ring is 1. The lowest BCUT2D eigenvalue weighted by molar-refractivity contribution is 0.0966. The fourth-order valence-corrected chi connectivity index (χ4v) is 3.00. The van der Waals surface area contributed by atoms with Crippen LogP contribution in [0.5, 0.6) is 0 Å². The molecule has 2 aromatic heterocycles. The maximum atomic E-state index is 13.0. The molecule has 4 nitrogen and oxygen atoms in total. The van der Waals surface area contributed by atoms with Gasteiger partial charge in [-0.05, 0) is 36.4 Å². The number of aromatic nitrogens is 2. The van der Waals surface area contributed by atoms with Gasteiger partial charge in [-0.2, -0.15) is 0 Å². The van der Waals surface area contributed by atoms with E-state index in [1.54, 1.807) is 10.8 Å². The Morgan fingerprint density at radius 3 is 2.68 bits per heavy atom. The molecule has 4 rings (SSSR count). The van der Waals surface area contributed by atoms with Crippen LogP contribution in [0.4, 0.5) is 5.69 Å². The molecule has 0 aliphatic rings. The predicted molar refractivity (Wildman–Crippen MR) is 89.0 cm³/mol. The molecule has 2 N–H and O–H groups in total. The van der Waals surface area contributed by atoms with Gasteiger partial charge in [-0.3, -0.25) is 9.36 Å². The maximum absolute atomic E-state index is 13.0. The van der Waals surface area contributed by atoms with E-state index in [1.165, 1.54) is 0 Å². The molecule has 0 bridgehead atoms. The van der Waals surface area contributed by atoms with Crippen molar-refractivity contribution in [1.82, 2.24) is 9.13 Å². The quantitative estimate of drug-likeness (QED) is 0.546. The van der Waals surface area contributed by atoms with Gasteiger partial charge in [-0.1, -0.05) is 12.1 Å². The van der Waals surface area contributed by atoms with Crippen molar-refractivity contribution in [3.05, 3.63) is 66.5 Å². The summed E-state index contributed by atoms with van der Waals surface area (Å²) in [5.74, 6) is -0.0350. The van der Waals surface area contributed by atoms with Crippen LogP contribution in [-0.4, -0.2) is 15.0 Å². The van der Waals surface area contributed by atoms with Crippen molar-refractivity contribution in [2.45, 2.75) is 0 Å². The number of aryl methyl sites for hydroxylation is 1. The van der Waals surface area contributed by atoms with E-state index in [0.29, 0.717) is 11.3 Å². The minimum absolute atomic E-state index is 0.0350. The normalized spacial score (nSPS) is 11.3. The zero-order valence-electron chi connectivity index (χ0n) is 12.2. The Hall–Kier alpha value is -3.01. The summed E-state index contributed by atoms with van der Waals surface area (Å²) in [6.07, 6.45) is 3.77. The van der Waals surface area contributed by atoms with Crippen LogP contribution >= 0.6 is 0 Å². The SMILES string of the molecule is Cn1ccc2cccc(C(=O)n3ccc4cc(N)ccc43)c21. The number of nitrogens with two attached hydrogens (primary N) is 1. The Kier molecular flexibility index (Phi) is 2.60. The highest BCUT2D eigenvalue weighted by Gasteiger charge is 2.16. The van der Waals surface area contributed by atoms with Crippen molar-refractivity contribution in [2.75, 3.05) is 5.73 Å². The predicted octanol–water partition coefficient (Wildman–Crippen LogP) is 3.40. The number of nitrogens with zero attached hydrogens (tertiary/aromatic N) is 2. The van der Waals surface area contributed by atoms with Gasteiger partial charge in [-0.15, -0.1) is 0 Å². The Balaban J connectivity index is 1.94. The van der Waals surface area contributed by atoms with Gasteiger partial charge in [0.1, 0.15) is 0 Å². The standard InChI is InChI=1S/C18H15N3O/c1-20-9-7-12-3-2-4-15(17(12)20)18(22)21-10-8-13-11-14(19)5-6-16(13)21/h2-11H,19H2,1H3. The van der Waals surface area contributed by atoms with Gasteiger partial charge in [0.2, 0.25) is 0 Å². The van der Waals surface area contributed by atoms with Crippen LogP contribution in [0.25, 0.3) is 21.8 Å². The molecular formula is C18H15N3O. The summed E-state index contributed by atoms with van der Waals surface area (Å²) in [5, 5.41) is 2.03. The monoisotopic (exact) mass is 289 g/mol. The number of carbonyl (C=O) groups is 1. The average molecular weight is 289 g/mol. The second-order valence-corrected chi connectivity index (χ2v) is 5.48. The molecule has 0 amide bonds. The smallest absolute Gasteiger partial charge is 0.264 e. The second-order valence-electron chi connectivity index (χ2n) is 5.48. The number of anilines is 1. The third-order valence-corrected chi connectivity index (χ3v) is 4.06. The van der Waals surface area contributed by atoms with E-state index in [4.69, 9.17) is 5.73 Å². The molecule has 2 aromatic carbocycles. The molecule has 0 aliphatic heterocycles. The van der Waals surface area contributed by atoms with Crippen LogP contribution in [0.2, 0.25) is 0 Å². The summed E-state index contributed by atoms with van der Waals surface area (Å²) < 4.78 is 3.66. The van der Waals surface area contributed by atoms with E-state index in [9.17, 15) is 4.79 Å². The molecule has 0 unspecified atom stereocenters. The van der Waals surface area contributed by atoms with Gasteiger partial charge in [0.15, 0.2) is 0 Å². The van der Waals surface area contributed by atoms with Crippen LogP contribution in [0, 0.1) is 0 Å². The van der Waals surface area contributed by atoms with Crippen LogP contribution < -0.4 is 5.73 Å². The Bertz CT molecular complexity index is 1020. The molecule has 0 radical (unpaired) electrons. The van der Waals surface area contributed by atoms with Gasteiger partial charge in [-0.25, -0.2) is 0 Å². The zero-order valence-corrected chi connectivity index (χ0v) is 12.2. The summed E-state index contributed by atoms with van der Waals surface area (Å²) >= 11 is 0. The third-order valence-electron chi connectivity index (χ3n) is 4.06. The van der Waals surface area contributed by atoms with E-state index in [2.05, 4.69) is 0 Å². The summed E-state index contributed by atoms with van der Waals surface area (Å²) in [4.78, 5) is 13.0. The summed E-state index contributed by atoms with van der Waals surface area (Å²) in [7, 11) is 1.95. The Morgan fingerprint density at radius 1 is 1.00 bits per heavy atom. The first-order valence-electron chi connectivity index (χ1n) is 7.10. The molecule has 0 fully saturated rings. The van der Waals surface area contributed by atoms with Gasteiger partial charge in [0.25, 0.3) is 5.91 Å². The molecule has 0 atom stereocenters. The second kappa shape index (κ2) is 4.49. The van der Waals surface area contributed by atoms with Gasteiger partial charge >= 0.3 is 0 Å². The largest absolute Gasteiger partial charge is 0.399 e. The number of fused-ring (bicyclic) bond motifs is 2. The van der Waals surface area contributed by atoms with Crippen LogP contribution in [-0.2, 0) is 7.05 Å². The van der Waals surface area contributed by atoms with E-state index < -0.39 is 0 Å². The van der Waals surface area contributed by atoms with Crippen LogP contribution in [0.1, 0.15) is 10.4 Å². The highest BCUT2D eigenvalue weighted by molar-refractivity contribution is 6.10. The van der Waals surface area contributed by atoms with Crippen molar-refractivity contribution >= 4 is 33.4 Å². The number of hydrogen-bond acceptors (Lipinski definition) is 2. The summed E-state index contributed by atoms with van der Waals surface area (Å²) in [6.45, 7) is 0. The van der Waals surface area contributed by atoms with Crippen molar-refractivity contribution in [1.29, 1.82) is 0 Å². The lowest BCUT2D eigenvalue weighted by atomic mass is 10.1. The highest BCUT2D eigenvalue weighted by Crippen LogP contribution is 2.24. The first-order chi connectivity index (χ1) is 10.6. The lowest BCUT2D eigenvalue weighted by Gasteiger charge is -2.08. The molecule has 4 heteroatoms. The van der Waals surface area contributed by atoms with Gasteiger partial charge in [0.05, 0.1) is 16.6 Å². The maximum Gasteiger partial charge on any atom is 0.264 e. The van der Waals surface area contributed by atoms with Gasteiger partial charge < -0.3 is 10.3 Å². The van der Waals surface area contributed by atoms with E-state index in [0.717, 1.165) is 21.8 Å². The average Bonchev–Trinajstić information content (AvgIpc) is 3.10. The zero-order chi connectivity index (χ0) is 15.3. The first kappa shape index (κ1) is 12.7. The van der Waals surface area contributed by atoms with Crippen molar-refractivity contribution in [3.8, 4) is 0 Å². The number of carbonyl (C=O) groups excluding carboxylic acids is 1. The van der Waals surface area contributed by atoms with Crippen LogP contribution in [0.15, 0.2) is 60.9 Å². The molecule has 108 valence electrons. The Morgan fingerprint density at radius 2 is 1.82 bits per heavy atom. The molecule has 0 saturated carbocycles. The van der Waals surface area contributed by atoms with Crippen molar-refractivity contribution in [2.24, 2.45) is 7.05 Å². The fourth-order valence-electron chi connectivity index (χ4n) is 3.00. The van der Waals surface area contributed by atoms with E-state index in [1.807, 2.05) is 66.3 Å². The number of para-hydroxylation sites is 1. The van der Waals surface area contributed by atoms with Crippen molar-refractivity contribution in [3.63, 3.8) is 0 Å².